The van der Waals surface area contributed by atoms with Crippen LogP contribution in [0, 0.1) is 5.41 Å². The van der Waals surface area contributed by atoms with E-state index in [4.69, 9.17) is 5.41 Å². The lowest BCUT2D eigenvalue weighted by Gasteiger charge is -2.26. The number of benzene rings is 2. The maximum atomic E-state index is 10.6. The van der Waals surface area contributed by atoms with Gasteiger partial charge < -0.3 is 10.0 Å². The molecule has 2 N–H and O–H groups in total. The molecule has 1 aliphatic heterocycles. The number of rotatable bonds is 5. The molecule has 142 valence electrons. The molecule has 28 heavy (non-hydrogen) atoms. The molecule has 4 rings (SSSR count). The van der Waals surface area contributed by atoms with Gasteiger partial charge in [0.1, 0.15) is 16.6 Å². The van der Waals surface area contributed by atoms with Crippen LogP contribution in [0.4, 0.5) is 0 Å². The monoisotopic (exact) mass is 453 g/mol. The minimum Gasteiger partial charge on any atom is -0.510 e. The molecule has 1 aromatic heterocycles. The number of hydrogen-bond donors (Lipinski definition) is 2. The summed E-state index contributed by atoms with van der Waals surface area (Å²) in [5.74, 6) is 0.569. The summed E-state index contributed by atoms with van der Waals surface area (Å²) in [6.45, 7) is 2.45. The number of hydrogen-bond acceptors (Lipinski definition) is 4. The van der Waals surface area contributed by atoms with E-state index in [1.807, 2.05) is 52.7 Å². The molecule has 1 atom stereocenters. The van der Waals surface area contributed by atoms with Crippen molar-refractivity contribution in [3.63, 3.8) is 0 Å². The van der Waals surface area contributed by atoms with E-state index >= 15 is 0 Å². The second-order valence-electron chi connectivity index (χ2n) is 6.88. The molecule has 0 unspecified atom stereocenters. The molecule has 0 radical (unpaired) electrons. The first-order valence-corrected chi connectivity index (χ1v) is 10.7. The zero-order chi connectivity index (χ0) is 19.7. The minimum atomic E-state index is 0.112. The van der Waals surface area contributed by atoms with Crippen molar-refractivity contribution in [1.29, 1.82) is 5.41 Å². The van der Waals surface area contributed by atoms with Crippen molar-refractivity contribution >= 4 is 38.7 Å². The van der Waals surface area contributed by atoms with Crippen molar-refractivity contribution in [1.82, 2.24) is 9.88 Å². The standard InChI is InChI=1S/C22H20BrN3OS/c1-14(11-15-5-3-2-4-6-15)26-12-19(27)20(21(26)24)22-25-18(13-28-22)16-7-9-17(23)10-8-16/h2-10,13-14,24,27H,11-12H2,1H3/t14-/m1/s1. The smallest absolute Gasteiger partial charge is 0.135 e. The van der Waals surface area contributed by atoms with Crippen molar-refractivity contribution in [2.24, 2.45) is 0 Å². The van der Waals surface area contributed by atoms with Crippen LogP contribution in [0.1, 0.15) is 17.5 Å². The zero-order valence-corrected chi connectivity index (χ0v) is 17.8. The first kappa shape index (κ1) is 18.9. The molecule has 3 aromatic rings. The molecule has 0 spiro atoms. The van der Waals surface area contributed by atoms with Crippen molar-refractivity contribution in [3.8, 4) is 11.3 Å². The maximum absolute atomic E-state index is 10.6. The summed E-state index contributed by atoms with van der Waals surface area (Å²) in [5.41, 5.74) is 3.65. The average Bonchev–Trinajstić information content (AvgIpc) is 3.27. The summed E-state index contributed by atoms with van der Waals surface area (Å²) in [4.78, 5) is 6.63. The SMILES string of the molecule is C[C@H](Cc1ccccc1)N1CC(O)=C(c2nc(-c3ccc(Br)cc3)cs2)C1=N. The summed E-state index contributed by atoms with van der Waals surface area (Å²) in [5, 5.41) is 21.9. The molecule has 0 saturated heterocycles. The molecule has 0 bridgehead atoms. The Morgan fingerprint density at radius 1 is 1.18 bits per heavy atom. The van der Waals surface area contributed by atoms with Gasteiger partial charge >= 0.3 is 0 Å². The number of nitrogens with one attached hydrogen (secondary N) is 1. The Morgan fingerprint density at radius 2 is 1.89 bits per heavy atom. The quantitative estimate of drug-likeness (QED) is 0.515. The number of aliphatic hydroxyl groups excluding tert-OH is 1. The van der Waals surface area contributed by atoms with E-state index in [9.17, 15) is 5.11 Å². The van der Waals surface area contributed by atoms with Crippen molar-refractivity contribution in [2.45, 2.75) is 19.4 Å². The Bertz CT molecular complexity index is 1030. The Balaban J connectivity index is 1.53. The third kappa shape index (κ3) is 3.75. The van der Waals surface area contributed by atoms with Gasteiger partial charge in [-0.25, -0.2) is 4.98 Å². The van der Waals surface area contributed by atoms with Crippen LogP contribution < -0.4 is 0 Å². The highest BCUT2D eigenvalue weighted by molar-refractivity contribution is 9.10. The molecule has 0 amide bonds. The summed E-state index contributed by atoms with van der Waals surface area (Å²) in [6.07, 6.45) is 0.825. The Hall–Kier alpha value is -2.44. The van der Waals surface area contributed by atoms with Crippen LogP contribution in [-0.4, -0.2) is 33.4 Å². The zero-order valence-electron chi connectivity index (χ0n) is 15.4. The van der Waals surface area contributed by atoms with Gasteiger partial charge in [-0.2, -0.15) is 0 Å². The van der Waals surface area contributed by atoms with Crippen molar-refractivity contribution in [2.75, 3.05) is 6.54 Å². The highest BCUT2D eigenvalue weighted by atomic mass is 79.9. The third-order valence-corrected chi connectivity index (χ3v) is 6.29. The summed E-state index contributed by atoms with van der Waals surface area (Å²) in [7, 11) is 0. The van der Waals surface area contributed by atoms with Gasteiger partial charge in [0.2, 0.25) is 0 Å². The fraction of sp³-hybridized carbons (Fsp3) is 0.182. The maximum Gasteiger partial charge on any atom is 0.135 e. The van der Waals surface area contributed by atoms with Gasteiger partial charge in [0.15, 0.2) is 0 Å². The lowest BCUT2D eigenvalue weighted by atomic mass is 10.1. The Morgan fingerprint density at radius 3 is 2.61 bits per heavy atom. The van der Waals surface area contributed by atoms with Crippen molar-refractivity contribution in [3.05, 3.63) is 80.8 Å². The largest absolute Gasteiger partial charge is 0.510 e. The Kier molecular flexibility index (Phi) is 5.33. The number of nitrogens with zero attached hydrogens (tertiary/aromatic N) is 2. The summed E-state index contributed by atoms with van der Waals surface area (Å²) in [6, 6.07) is 18.3. The van der Waals surface area contributed by atoms with Crippen molar-refractivity contribution < 1.29 is 5.11 Å². The molecule has 4 nitrogen and oxygen atoms in total. The van der Waals surface area contributed by atoms with E-state index in [1.54, 1.807) is 0 Å². The summed E-state index contributed by atoms with van der Waals surface area (Å²) >= 11 is 4.91. The number of halogens is 1. The van der Waals surface area contributed by atoms with Crippen LogP contribution in [0.5, 0.6) is 0 Å². The second-order valence-corrected chi connectivity index (χ2v) is 8.66. The van der Waals surface area contributed by atoms with Crippen LogP contribution in [0.2, 0.25) is 0 Å². The van der Waals surface area contributed by atoms with E-state index in [1.165, 1.54) is 16.9 Å². The predicted molar refractivity (Wildman–Crippen MR) is 119 cm³/mol. The fourth-order valence-corrected chi connectivity index (χ4v) is 4.57. The molecule has 0 fully saturated rings. The van der Waals surface area contributed by atoms with Gasteiger partial charge in [0.25, 0.3) is 0 Å². The first-order valence-electron chi connectivity index (χ1n) is 9.06. The molecule has 2 heterocycles. The molecule has 2 aromatic carbocycles. The predicted octanol–water partition coefficient (Wildman–Crippen LogP) is 5.77. The normalized spacial score (nSPS) is 15.4. The van der Waals surface area contributed by atoms with Crippen LogP contribution in [0.15, 0.2) is 70.2 Å². The molecule has 6 heteroatoms. The lowest BCUT2D eigenvalue weighted by Crippen LogP contribution is -2.36. The van der Waals surface area contributed by atoms with Gasteiger partial charge in [-0.3, -0.25) is 5.41 Å². The fourth-order valence-electron chi connectivity index (χ4n) is 3.41. The highest BCUT2D eigenvalue weighted by Gasteiger charge is 2.33. The van der Waals surface area contributed by atoms with Crippen LogP contribution in [0.25, 0.3) is 16.8 Å². The van der Waals surface area contributed by atoms with Gasteiger partial charge in [-0.05, 0) is 31.0 Å². The van der Waals surface area contributed by atoms with Gasteiger partial charge in [0.05, 0.1) is 17.8 Å². The third-order valence-electron chi connectivity index (χ3n) is 4.90. The lowest BCUT2D eigenvalue weighted by molar-refractivity contribution is 0.305. The van der Waals surface area contributed by atoms with Crippen LogP contribution >= 0.6 is 27.3 Å². The molecule has 0 saturated carbocycles. The molecular formula is C22H20BrN3OS. The Labute approximate surface area is 176 Å². The highest BCUT2D eigenvalue weighted by Crippen LogP contribution is 2.33. The number of aromatic nitrogens is 1. The van der Waals surface area contributed by atoms with E-state index < -0.39 is 0 Å². The number of amidine groups is 1. The molecular weight excluding hydrogens is 434 g/mol. The van der Waals surface area contributed by atoms with E-state index in [0.29, 0.717) is 23.0 Å². The average molecular weight is 454 g/mol. The van der Waals surface area contributed by atoms with Gasteiger partial charge in [-0.1, -0.05) is 58.4 Å². The molecule has 0 aliphatic carbocycles. The second kappa shape index (κ2) is 7.89. The van der Waals surface area contributed by atoms with Crippen LogP contribution in [0.3, 0.4) is 0 Å². The number of thiazole rings is 1. The topological polar surface area (TPSA) is 60.2 Å². The van der Waals surface area contributed by atoms with E-state index in [0.717, 1.165) is 22.2 Å². The minimum absolute atomic E-state index is 0.112. The van der Waals surface area contributed by atoms with Gasteiger partial charge in [-0.15, -0.1) is 11.3 Å². The van der Waals surface area contributed by atoms with Crippen LogP contribution in [-0.2, 0) is 6.42 Å². The van der Waals surface area contributed by atoms with Gasteiger partial charge in [0, 0.05) is 21.5 Å². The molecule has 1 aliphatic rings. The van der Waals surface area contributed by atoms with E-state index in [2.05, 4.69) is 40.0 Å². The number of aliphatic hydroxyl groups is 1. The van der Waals surface area contributed by atoms with E-state index in [-0.39, 0.29) is 11.8 Å². The first-order chi connectivity index (χ1) is 13.5. The summed E-state index contributed by atoms with van der Waals surface area (Å²) < 4.78 is 1.02.